The van der Waals surface area contributed by atoms with Gasteiger partial charge in [-0.3, -0.25) is 0 Å². The maximum absolute atomic E-state index is 12.4. The Bertz CT molecular complexity index is 554. The molecule has 1 aromatic rings. The zero-order valence-electron chi connectivity index (χ0n) is 13.1. The minimum atomic E-state index is -3.40. The Morgan fingerprint density at radius 2 is 1.90 bits per heavy atom. The first-order valence-corrected chi connectivity index (χ1v) is 9.28. The van der Waals surface area contributed by atoms with E-state index in [-0.39, 0.29) is 12.1 Å². The summed E-state index contributed by atoms with van der Waals surface area (Å²) in [5.74, 6) is 0.424. The smallest absolute Gasteiger partial charge is 0.240 e. The van der Waals surface area contributed by atoms with Crippen LogP contribution < -0.4 is 10.0 Å². The van der Waals surface area contributed by atoms with Crippen LogP contribution >= 0.6 is 0 Å². The largest absolute Gasteiger partial charge is 0.310 e. The second kappa shape index (κ2) is 6.90. The van der Waals surface area contributed by atoms with Crippen molar-refractivity contribution in [3.05, 3.63) is 29.8 Å². The van der Waals surface area contributed by atoms with Crippen LogP contribution in [-0.2, 0) is 10.0 Å². The third kappa shape index (κ3) is 4.05. The third-order valence-electron chi connectivity index (χ3n) is 4.37. The Labute approximate surface area is 128 Å². The molecule has 0 bridgehead atoms. The molecule has 0 heterocycles. The maximum Gasteiger partial charge on any atom is 0.240 e. The summed E-state index contributed by atoms with van der Waals surface area (Å²) >= 11 is 0. The van der Waals surface area contributed by atoms with Crippen molar-refractivity contribution in [3.63, 3.8) is 0 Å². The van der Waals surface area contributed by atoms with Gasteiger partial charge in [-0.2, -0.15) is 0 Å². The van der Waals surface area contributed by atoms with E-state index in [1.54, 1.807) is 12.1 Å². The lowest BCUT2D eigenvalue weighted by molar-refractivity contribution is 0.476. The van der Waals surface area contributed by atoms with Gasteiger partial charge in [-0.1, -0.05) is 32.4 Å². The average molecular weight is 310 g/mol. The lowest BCUT2D eigenvalue weighted by Gasteiger charge is -2.18. The first-order valence-electron chi connectivity index (χ1n) is 7.79. The standard InChI is InChI=1S/C16H26N2O2S/c1-4-17-13(3)14-8-10-15(11-9-14)21(19,20)18-16-7-5-6-12(16)2/h8-13,16-18H,4-7H2,1-3H3. The Morgan fingerprint density at radius 3 is 2.43 bits per heavy atom. The van der Waals surface area contributed by atoms with Crippen molar-refractivity contribution >= 4 is 10.0 Å². The summed E-state index contributed by atoms with van der Waals surface area (Å²) in [4.78, 5) is 0.356. The molecule has 21 heavy (non-hydrogen) atoms. The Morgan fingerprint density at radius 1 is 1.24 bits per heavy atom. The molecule has 0 aromatic heterocycles. The average Bonchev–Trinajstić information content (AvgIpc) is 2.84. The molecule has 3 unspecified atom stereocenters. The second-order valence-electron chi connectivity index (χ2n) is 5.98. The fraction of sp³-hybridized carbons (Fsp3) is 0.625. The van der Waals surface area contributed by atoms with Gasteiger partial charge in [-0.05, 0) is 49.9 Å². The van der Waals surface area contributed by atoms with Gasteiger partial charge in [-0.25, -0.2) is 13.1 Å². The fourth-order valence-electron chi connectivity index (χ4n) is 2.95. The van der Waals surface area contributed by atoms with Crippen molar-refractivity contribution in [2.45, 2.75) is 57.0 Å². The molecular formula is C16H26N2O2S. The lowest BCUT2D eigenvalue weighted by atomic mass is 10.1. The van der Waals surface area contributed by atoms with Crippen molar-refractivity contribution in [3.8, 4) is 0 Å². The van der Waals surface area contributed by atoms with Crippen LogP contribution in [0.4, 0.5) is 0 Å². The normalized spacial score (nSPS) is 24.1. The molecule has 0 radical (unpaired) electrons. The highest BCUT2D eigenvalue weighted by molar-refractivity contribution is 7.89. The molecule has 1 saturated carbocycles. The van der Waals surface area contributed by atoms with Gasteiger partial charge in [0, 0.05) is 12.1 Å². The molecule has 3 atom stereocenters. The summed E-state index contributed by atoms with van der Waals surface area (Å²) in [6.07, 6.45) is 3.15. The highest BCUT2D eigenvalue weighted by Gasteiger charge is 2.28. The van der Waals surface area contributed by atoms with Gasteiger partial charge in [0.1, 0.15) is 0 Å². The van der Waals surface area contributed by atoms with Gasteiger partial charge in [0.25, 0.3) is 0 Å². The topological polar surface area (TPSA) is 58.2 Å². The van der Waals surface area contributed by atoms with Gasteiger partial charge in [0.15, 0.2) is 0 Å². The van der Waals surface area contributed by atoms with Crippen LogP contribution in [0.5, 0.6) is 0 Å². The van der Waals surface area contributed by atoms with Gasteiger partial charge >= 0.3 is 0 Å². The molecule has 0 saturated heterocycles. The molecule has 118 valence electrons. The van der Waals surface area contributed by atoms with E-state index in [9.17, 15) is 8.42 Å². The highest BCUT2D eigenvalue weighted by atomic mass is 32.2. The van der Waals surface area contributed by atoms with Crippen molar-refractivity contribution in [1.29, 1.82) is 0 Å². The van der Waals surface area contributed by atoms with Crippen molar-refractivity contribution < 1.29 is 8.42 Å². The molecular weight excluding hydrogens is 284 g/mol. The zero-order chi connectivity index (χ0) is 15.5. The summed E-state index contributed by atoms with van der Waals surface area (Å²) in [5.41, 5.74) is 1.10. The number of sulfonamides is 1. The predicted molar refractivity (Wildman–Crippen MR) is 85.7 cm³/mol. The monoisotopic (exact) mass is 310 g/mol. The van der Waals surface area contributed by atoms with Crippen LogP contribution in [0, 0.1) is 5.92 Å². The van der Waals surface area contributed by atoms with E-state index in [0.29, 0.717) is 10.8 Å². The van der Waals surface area contributed by atoms with E-state index < -0.39 is 10.0 Å². The minimum absolute atomic E-state index is 0.0790. The molecule has 1 aliphatic carbocycles. The number of rotatable bonds is 6. The van der Waals surface area contributed by atoms with Gasteiger partial charge < -0.3 is 5.32 Å². The maximum atomic E-state index is 12.4. The van der Waals surface area contributed by atoms with E-state index in [1.807, 2.05) is 12.1 Å². The highest BCUT2D eigenvalue weighted by Crippen LogP contribution is 2.26. The van der Waals surface area contributed by atoms with Crippen molar-refractivity contribution in [2.75, 3.05) is 6.54 Å². The minimum Gasteiger partial charge on any atom is -0.310 e. The number of benzene rings is 1. The first-order chi connectivity index (χ1) is 9.94. The van der Waals surface area contributed by atoms with Gasteiger partial charge in [-0.15, -0.1) is 0 Å². The molecule has 1 aliphatic rings. The van der Waals surface area contributed by atoms with Crippen LogP contribution in [-0.4, -0.2) is 21.0 Å². The zero-order valence-corrected chi connectivity index (χ0v) is 13.9. The predicted octanol–water partition coefficient (Wildman–Crippen LogP) is 2.82. The molecule has 2 N–H and O–H groups in total. The quantitative estimate of drug-likeness (QED) is 0.849. The van der Waals surface area contributed by atoms with Crippen molar-refractivity contribution in [2.24, 2.45) is 5.92 Å². The summed E-state index contributed by atoms with van der Waals surface area (Å²) in [6.45, 7) is 7.14. The van der Waals surface area contributed by atoms with Crippen LogP contribution in [0.3, 0.4) is 0 Å². The number of hydrogen-bond acceptors (Lipinski definition) is 3. The van der Waals surface area contributed by atoms with E-state index >= 15 is 0 Å². The second-order valence-corrected chi connectivity index (χ2v) is 7.70. The molecule has 4 nitrogen and oxygen atoms in total. The third-order valence-corrected chi connectivity index (χ3v) is 5.87. The van der Waals surface area contributed by atoms with Crippen LogP contribution in [0.2, 0.25) is 0 Å². The fourth-order valence-corrected chi connectivity index (χ4v) is 4.33. The lowest BCUT2D eigenvalue weighted by Crippen LogP contribution is -2.36. The Hall–Kier alpha value is -0.910. The van der Waals surface area contributed by atoms with Crippen molar-refractivity contribution in [1.82, 2.24) is 10.0 Å². The number of nitrogens with one attached hydrogen (secondary N) is 2. The summed E-state index contributed by atoms with van der Waals surface area (Å²) in [5, 5.41) is 3.32. The van der Waals surface area contributed by atoms with E-state index in [1.165, 1.54) is 0 Å². The molecule has 5 heteroatoms. The number of hydrogen-bond donors (Lipinski definition) is 2. The molecule has 0 spiro atoms. The molecule has 0 aliphatic heterocycles. The van der Waals surface area contributed by atoms with Crippen LogP contribution in [0.15, 0.2) is 29.2 Å². The Balaban J connectivity index is 2.09. The Kier molecular flexibility index (Phi) is 5.41. The van der Waals surface area contributed by atoms with Crippen LogP contribution in [0.25, 0.3) is 0 Å². The molecule has 0 amide bonds. The van der Waals surface area contributed by atoms with E-state index in [0.717, 1.165) is 31.4 Å². The SMILES string of the molecule is CCNC(C)c1ccc(S(=O)(=O)NC2CCCC2C)cc1. The summed E-state index contributed by atoms with van der Waals surface area (Å²) in [6, 6.07) is 7.49. The van der Waals surface area contributed by atoms with E-state index in [2.05, 4.69) is 30.8 Å². The summed E-state index contributed by atoms with van der Waals surface area (Å²) in [7, 11) is -3.40. The van der Waals surface area contributed by atoms with Gasteiger partial charge in [0.05, 0.1) is 4.90 Å². The summed E-state index contributed by atoms with van der Waals surface area (Å²) < 4.78 is 27.7. The van der Waals surface area contributed by atoms with Gasteiger partial charge in [0.2, 0.25) is 10.0 Å². The van der Waals surface area contributed by atoms with E-state index in [4.69, 9.17) is 0 Å². The molecule has 1 fully saturated rings. The molecule has 1 aromatic carbocycles. The first kappa shape index (κ1) is 16.5. The molecule has 2 rings (SSSR count). The van der Waals surface area contributed by atoms with Crippen LogP contribution in [0.1, 0.15) is 51.6 Å².